The Bertz CT molecular complexity index is 491. The molecule has 1 heterocycles. The molecule has 0 aliphatic rings. The number of hydrogen-bond acceptors (Lipinski definition) is 1. The highest BCUT2D eigenvalue weighted by Crippen LogP contribution is 2.24. The van der Waals surface area contributed by atoms with E-state index in [1.165, 1.54) is 22.0 Å². The lowest BCUT2D eigenvalue weighted by Crippen LogP contribution is -1.96. The predicted molar refractivity (Wildman–Crippen MR) is 65.5 cm³/mol. The molecule has 1 nitrogen and oxygen atoms in total. The molecule has 0 aliphatic carbocycles. The van der Waals surface area contributed by atoms with Crippen molar-refractivity contribution in [1.82, 2.24) is 4.98 Å². The first-order valence-corrected chi connectivity index (χ1v) is 5.70. The standard InChI is InChI=1S/C13H14ClN/c1-3-11-12-7-10(14)6-5-9(12)8-15-13(11)4-2/h5-8H,3-4H2,1-2H3. The molecule has 0 bridgehead atoms. The van der Waals surface area contributed by atoms with Crippen LogP contribution in [-0.4, -0.2) is 4.98 Å². The summed E-state index contributed by atoms with van der Waals surface area (Å²) in [4.78, 5) is 4.48. The van der Waals surface area contributed by atoms with Gasteiger partial charge in [0, 0.05) is 22.3 Å². The van der Waals surface area contributed by atoms with Gasteiger partial charge in [-0.05, 0) is 35.9 Å². The largest absolute Gasteiger partial charge is 0.260 e. The summed E-state index contributed by atoms with van der Waals surface area (Å²) in [5, 5.41) is 3.22. The lowest BCUT2D eigenvalue weighted by Gasteiger charge is -2.09. The number of nitrogens with zero attached hydrogens (tertiary/aromatic N) is 1. The molecule has 0 atom stereocenters. The van der Waals surface area contributed by atoms with Crippen molar-refractivity contribution in [3.63, 3.8) is 0 Å². The van der Waals surface area contributed by atoms with Crippen LogP contribution < -0.4 is 0 Å². The minimum Gasteiger partial charge on any atom is -0.260 e. The van der Waals surface area contributed by atoms with Crippen LogP contribution in [0, 0.1) is 0 Å². The van der Waals surface area contributed by atoms with E-state index in [2.05, 4.69) is 18.8 Å². The van der Waals surface area contributed by atoms with Crippen molar-refractivity contribution in [2.45, 2.75) is 26.7 Å². The summed E-state index contributed by atoms with van der Waals surface area (Å²) < 4.78 is 0. The van der Waals surface area contributed by atoms with E-state index in [9.17, 15) is 0 Å². The van der Waals surface area contributed by atoms with E-state index >= 15 is 0 Å². The van der Waals surface area contributed by atoms with Crippen LogP contribution in [0.25, 0.3) is 10.8 Å². The molecule has 0 N–H and O–H groups in total. The average molecular weight is 220 g/mol. The molecule has 0 aliphatic heterocycles. The summed E-state index contributed by atoms with van der Waals surface area (Å²) in [6.07, 6.45) is 3.92. The van der Waals surface area contributed by atoms with Gasteiger partial charge in [-0.25, -0.2) is 0 Å². The molecule has 78 valence electrons. The second-order valence-corrected chi connectivity index (χ2v) is 4.06. The molecule has 15 heavy (non-hydrogen) atoms. The normalized spacial score (nSPS) is 10.9. The fourth-order valence-corrected chi connectivity index (χ4v) is 2.15. The van der Waals surface area contributed by atoms with Gasteiger partial charge in [0.1, 0.15) is 0 Å². The summed E-state index contributed by atoms with van der Waals surface area (Å²) in [7, 11) is 0. The van der Waals surface area contributed by atoms with Crippen LogP contribution in [0.3, 0.4) is 0 Å². The maximum atomic E-state index is 6.02. The SMILES string of the molecule is CCc1ncc2ccc(Cl)cc2c1CC. The summed E-state index contributed by atoms with van der Waals surface area (Å²) in [5.74, 6) is 0. The molecular weight excluding hydrogens is 206 g/mol. The van der Waals surface area contributed by atoms with Gasteiger partial charge in [-0.15, -0.1) is 0 Å². The van der Waals surface area contributed by atoms with Crippen LogP contribution in [-0.2, 0) is 12.8 Å². The summed E-state index contributed by atoms with van der Waals surface area (Å²) in [6, 6.07) is 5.98. The summed E-state index contributed by atoms with van der Waals surface area (Å²) >= 11 is 6.02. The van der Waals surface area contributed by atoms with Crippen LogP contribution in [0.15, 0.2) is 24.4 Å². The van der Waals surface area contributed by atoms with E-state index in [-0.39, 0.29) is 0 Å². The smallest absolute Gasteiger partial charge is 0.0439 e. The first-order valence-electron chi connectivity index (χ1n) is 5.32. The van der Waals surface area contributed by atoms with Gasteiger partial charge in [-0.2, -0.15) is 0 Å². The molecule has 2 aromatic rings. The van der Waals surface area contributed by atoms with Crippen LogP contribution >= 0.6 is 11.6 Å². The molecule has 0 unspecified atom stereocenters. The zero-order valence-corrected chi connectivity index (χ0v) is 9.80. The third kappa shape index (κ3) is 1.84. The number of aromatic nitrogens is 1. The van der Waals surface area contributed by atoms with E-state index in [0.717, 1.165) is 17.9 Å². The molecule has 0 fully saturated rings. The van der Waals surface area contributed by atoms with Crippen molar-refractivity contribution in [3.8, 4) is 0 Å². The van der Waals surface area contributed by atoms with Crippen LogP contribution in [0.2, 0.25) is 5.02 Å². The number of halogens is 1. The molecule has 2 heteroatoms. The highest BCUT2D eigenvalue weighted by molar-refractivity contribution is 6.31. The van der Waals surface area contributed by atoms with Crippen LogP contribution in [0.4, 0.5) is 0 Å². The van der Waals surface area contributed by atoms with Crippen LogP contribution in [0.5, 0.6) is 0 Å². The Morgan fingerprint density at radius 1 is 1.20 bits per heavy atom. The van der Waals surface area contributed by atoms with Gasteiger partial charge >= 0.3 is 0 Å². The van der Waals surface area contributed by atoms with Gasteiger partial charge in [0.25, 0.3) is 0 Å². The van der Waals surface area contributed by atoms with Crippen molar-refractivity contribution >= 4 is 22.4 Å². The van der Waals surface area contributed by atoms with Crippen molar-refractivity contribution in [3.05, 3.63) is 40.7 Å². The molecule has 0 spiro atoms. The number of fused-ring (bicyclic) bond motifs is 1. The Kier molecular flexibility index (Phi) is 2.92. The Hall–Kier alpha value is -1.08. The van der Waals surface area contributed by atoms with E-state index in [0.29, 0.717) is 0 Å². The Labute approximate surface area is 95.1 Å². The van der Waals surface area contributed by atoms with E-state index < -0.39 is 0 Å². The van der Waals surface area contributed by atoms with Crippen molar-refractivity contribution in [2.24, 2.45) is 0 Å². The molecular formula is C13H14ClN. The van der Waals surface area contributed by atoms with Gasteiger partial charge < -0.3 is 0 Å². The molecule has 0 radical (unpaired) electrons. The number of benzene rings is 1. The van der Waals surface area contributed by atoms with Crippen molar-refractivity contribution in [2.75, 3.05) is 0 Å². The van der Waals surface area contributed by atoms with E-state index in [4.69, 9.17) is 11.6 Å². The van der Waals surface area contributed by atoms with E-state index in [1.54, 1.807) is 0 Å². The number of hydrogen-bond donors (Lipinski definition) is 0. The van der Waals surface area contributed by atoms with Crippen molar-refractivity contribution < 1.29 is 0 Å². The number of aryl methyl sites for hydroxylation is 2. The molecule has 0 amide bonds. The zero-order chi connectivity index (χ0) is 10.8. The topological polar surface area (TPSA) is 12.9 Å². The quantitative estimate of drug-likeness (QED) is 0.744. The van der Waals surface area contributed by atoms with Gasteiger partial charge in [0.05, 0.1) is 0 Å². The second kappa shape index (κ2) is 4.19. The van der Waals surface area contributed by atoms with Crippen LogP contribution in [0.1, 0.15) is 25.1 Å². The zero-order valence-electron chi connectivity index (χ0n) is 9.05. The number of rotatable bonds is 2. The summed E-state index contributed by atoms with van der Waals surface area (Å²) in [6.45, 7) is 4.30. The summed E-state index contributed by atoms with van der Waals surface area (Å²) in [5.41, 5.74) is 2.52. The minimum absolute atomic E-state index is 0.797. The monoisotopic (exact) mass is 219 g/mol. The molecule has 2 rings (SSSR count). The third-order valence-electron chi connectivity index (χ3n) is 2.74. The minimum atomic E-state index is 0.797. The van der Waals surface area contributed by atoms with Gasteiger partial charge in [-0.1, -0.05) is 31.5 Å². The predicted octanol–water partition coefficient (Wildman–Crippen LogP) is 4.01. The first kappa shape index (κ1) is 10.4. The van der Waals surface area contributed by atoms with Crippen molar-refractivity contribution in [1.29, 1.82) is 0 Å². The number of pyridine rings is 1. The maximum Gasteiger partial charge on any atom is 0.0439 e. The van der Waals surface area contributed by atoms with Gasteiger partial charge in [0.15, 0.2) is 0 Å². The first-order chi connectivity index (χ1) is 7.26. The Morgan fingerprint density at radius 3 is 2.67 bits per heavy atom. The molecule has 0 saturated carbocycles. The van der Waals surface area contributed by atoms with E-state index in [1.807, 2.05) is 24.4 Å². The average Bonchev–Trinajstić information content (AvgIpc) is 2.27. The van der Waals surface area contributed by atoms with Gasteiger partial charge in [0.2, 0.25) is 0 Å². The lowest BCUT2D eigenvalue weighted by atomic mass is 10.0. The molecule has 1 aromatic heterocycles. The lowest BCUT2D eigenvalue weighted by molar-refractivity contribution is 0.979. The second-order valence-electron chi connectivity index (χ2n) is 3.62. The van der Waals surface area contributed by atoms with Gasteiger partial charge in [-0.3, -0.25) is 4.98 Å². The highest BCUT2D eigenvalue weighted by atomic mass is 35.5. The fourth-order valence-electron chi connectivity index (χ4n) is 1.98. The maximum absolute atomic E-state index is 6.02. The Balaban J connectivity index is 2.79. The Morgan fingerprint density at radius 2 is 2.00 bits per heavy atom. The fraction of sp³-hybridized carbons (Fsp3) is 0.308. The third-order valence-corrected chi connectivity index (χ3v) is 2.97. The molecule has 1 aromatic carbocycles. The molecule has 0 saturated heterocycles. The highest BCUT2D eigenvalue weighted by Gasteiger charge is 2.06.